The van der Waals surface area contributed by atoms with Gasteiger partial charge in [0.1, 0.15) is 23.8 Å². The lowest BCUT2D eigenvalue weighted by Crippen LogP contribution is -2.23. The summed E-state index contributed by atoms with van der Waals surface area (Å²) in [5, 5.41) is 9.53. The number of nitrogens with zero attached hydrogens (tertiary/aromatic N) is 5. The van der Waals surface area contributed by atoms with E-state index >= 15 is 0 Å². The van der Waals surface area contributed by atoms with Crippen LogP contribution in [0, 0.1) is 6.92 Å². The lowest BCUT2D eigenvalue weighted by atomic mass is 10.0. The standard InChI is InChI=1S/C39H35N5O3S/c1-3-4-11-22-46-33-19-16-29(17-20-33)37-40-39-44(42-37)38(45)35(48-39)24-31-25-43(32-14-9-6-10-15-32)41-36(31)30-18-21-34(27(2)23-30)47-26-28-12-7-5-8-13-28/h5-10,12-21,23-25H,3-4,11,22,26H2,1-2H3/b35-24-. The van der Waals surface area contributed by atoms with Gasteiger partial charge in [-0.3, -0.25) is 4.79 Å². The maximum Gasteiger partial charge on any atom is 0.291 e. The van der Waals surface area contributed by atoms with E-state index in [4.69, 9.17) is 19.6 Å². The largest absolute Gasteiger partial charge is 0.494 e. The van der Waals surface area contributed by atoms with Crippen LogP contribution in [-0.4, -0.2) is 31.0 Å². The zero-order valence-electron chi connectivity index (χ0n) is 26.9. The Balaban J connectivity index is 1.19. The highest BCUT2D eigenvalue weighted by Gasteiger charge is 2.16. The summed E-state index contributed by atoms with van der Waals surface area (Å²) >= 11 is 1.31. The zero-order chi connectivity index (χ0) is 32.9. The minimum absolute atomic E-state index is 0.219. The van der Waals surface area contributed by atoms with Gasteiger partial charge in [0, 0.05) is 22.9 Å². The van der Waals surface area contributed by atoms with Gasteiger partial charge < -0.3 is 9.47 Å². The highest BCUT2D eigenvalue weighted by Crippen LogP contribution is 2.30. The molecule has 4 aromatic carbocycles. The first-order valence-electron chi connectivity index (χ1n) is 16.1. The van der Waals surface area contributed by atoms with Gasteiger partial charge >= 0.3 is 0 Å². The Bertz CT molecular complexity index is 2260. The normalized spacial score (nSPS) is 11.8. The predicted molar refractivity (Wildman–Crippen MR) is 191 cm³/mol. The second kappa shape index (κ2) is 14.1. The average Bonchev–Trinajstić information content (AvgIpc) is 3.82. The number of aryl methyl sites for hydroxylation is 1. The first-order valence-corrected chi connectivity index (χ1v) is 16.9. The lowest BCUT2D eigenvalue weighted by molar-refractivity contribution is 0.304. The van der Waals surface area contributed by atoms with Gasteiger partial charge in [0.25, 0.3) is 5.56 Å². The number of ether oxygens (including phenoxy) is 2. The molecule has 0 amide bonds. The summed E-state index contributed by atoms with van der Waals surface area (Å²) in [5.74, 6) is 2.13. The van der Waals surface area contributed by atoms with Gasteiger partial charge in [-0.1, -0.05) is 79.6 Å². The molecule has 3 heterocycles. The van der Waals surface area contributed by atoms with Gasteiger partial charge in [0.2, 0.25) is 4.96 Å². The third-order valence-corrected chi connectivity index (χ3v) is 9.01. The van der Waals surface area contributed by atoms with E-state index in [0.717, 1.165) is 70.0 Å². The van der Waals surface area contributed by atoms with E-state index in [0.29, 0.717) is 28.5 Å². The SMILES string of the molecule is CCCCCOc1ccc(-c2nc3s/c(=C\c4cn(-c5ccccc5)nc4-c4ccc(OCc5ccccc5)c(C)c4)c(=O)n3n2)cc1. The molecule has 0 fully saturated rings. The smallest absolute Gasteiger partial charge is 0.291 e. The van der Waals surface area contributed by atoms with Crippen LogP contribution >= 0.6 is 11.3 Å². The van der Waals surface area contributed by atoms with Crippen molar-refractivity contribution in [2.24, 2.45) is 0 Å². The Morgan fingerprint density at radius 2 is 1.58 bits per heavy atom. The number of rotatable bonds is 12. The topological polar surface area (TPSA) is 83.5 Å². The van der Waals surface area contributed by atoms with Crippen molar-refractivity contribution in [3.05, 3.63) is 141 Å². The van der Waals surface area contributed by atoms with Gasteiger partial charge in [-0.15, -0.1) is 5.10 Å². The Kier molecular flexibility index (Phi) is 9.11. The van der Waals surface area contributed by atoms with E-state index in [2.05, 4.69) is 18.1 Å². The van der Waals surface area contributed by atoms with E-state index in [1.807, 2.05) is 121 Å². The monoisotopic (exact) mass is 653 g/mol. The molecule has 3 aromatic heterocycles. The summed E-state index contributed by atoms with van der Waals surface area (Å²) < 4.78 is 15.7. The molecule has 0 bridgehead atoms. The molecule has 0 saturated carbocycles. The van der Waals surface area contributed by atoms with Crippen molar-refractivity contribution in [1.82, 2.24) is 24.4 Å². The molecular formula is C39H35N5O3S. The first-order chi connectivity index (χ1) is 23.6. The van der Waals surface area contributed by atoms with Crippen LogP contribution in [-0.2, 0) is 6.61 Å². The number of para-hydroxylation sites is 1. The Labute approximate surface area is 282 Å². The molecule has 0 radical (unpaired) electrons. The van der Waals surface area contributed by atoms with E-state index in [9.17, 15) is 4.79 Å². The number of aromatic nitrogens is 5. The highest BCUT2D eigenvalue weighted by molar-refractivity contribution is 7.15. The lowest BCUT2D eigenvalue weighted by Gasteiger charge is -2.10. The van der Waals surface area contributed by atoms with Crippen molar-refractivity contribution in [1.29, 1.82) is 0 Å². The third kappa shape index (κ3) is 6.77. The fourth-order valence-corrected chi connectivity index (χ4v) is 6.36. The fourth-order valence-electron chi connectivity index (χ4n) is 5.46. The molecule has 240 valence electrons. The predicted octanol–water partition coefficient (Wildman–Crippen LogP) is 7.67. The molecule has 48 heavy (non-hydrogen) atoms. The van der Waals surface area contributed by atoms with Crippen LogP contribution in [0.1, 0.15) is 42.9 Å². The third-order valence-electron chi connectivity index (χ3n) is 8.05. The van der Waals surface area contributed by atoms with Crippen LogP contribution in [0.2, 0.25) is 0 Å². The molecule has 7 aromatic rings. The molecule has 7 rings (SSSR count). The number of benzene rings is 4. The maximum absolute atomic E-state index is 13.6. The van der Waals surface area contributed by atoms with Gasteiger partial charge in [-0.25, -0.2) is 4.68 Å². The minimum Gasteiger partial charge on any atom is -0.494 e. The molecule has 8 nitrogen and oxygen atoms in total. The molecule has 0 spiro atoms. The maximum atomic E-state index is 13.6. The molecule has 0 unspecified atom stereocenters. The van der Waals surface area contributed by atoms with Gasteiger partial charge in [-0.2, -0.15) is 14.6 Å². The van der Waals surface area contributed by atoms with Gasteiger partial charge in [-0.05, 0) is 85.1 Å². The van der Waals surface area contributed by atoms with Crippen molar-refractivity contribution >= 4 is 22.4 Å². The molecule has 0 atom stereocenters. The van der Waals surface area contributed by atoms with Crippen molar-refractivity contribution in [3.63, 3.8) is 0 Å². The van der Waals surface area contributed by atoms with Gasteiger partial charge in [0.15, 0.2) is 5.82 Å². The number of hydrogen-bond donors (Lipinski definition) is 0. The minimum atomic E-state index is -0.219. The van der Waals surface area contributed by atoms with Crippen LogP contribution in [0.15, 0.2) is 114 Å². The average molecular weight is 654 g/mol. The number of unbranched alkanes of at least 4 members (excludes halogenated alkanes) is 2. The van der Waals surface area contributed by atoms with Crippen LogP contribution in [0.4, 0.5) is 0 Å². The van der Waals surface area contributed by atoms with Crippen LogP contribution in [0.5, 0.6) is 11.5 Å². The molecule has 0 N–H and O–H groups in total. The summed E-state index contributed by atoms with van der Waals surface area (Å²) in [6.07, 6.45) is 7.17. The second-order valence-corrected chi connectivity index (χ2v) is 12.6. The van der Waals surface area contributed by atoms with E-state index in [1.54, 1.807) is 0 Å². The number of hydrogen-bond acceptors (Lipinski definition) is 7. The van der Waals surface area contributed by atoms with Crippen LogP contribution < -0.4 is 19.6 Å². The van der Waals surface area contributed by atoms with Crippen molar-refractivity contribution in [3.8, 4) is 39.8 Å². The Hall–Kier alpha value is -5.54. The summed E-state index contributed by atoms with van der Waals surface area (Å²) in [4.78, 5) is 18.8. The second-order valence-electron chi connectivity index (χ2n) is 11.6. The van der Waals surface area contributed by atoms with Crippen molar-refractivity contribution in [2.75, 3.05) is 6.61 Å². The van der Waals surface area contributed by atoms with E-state index < -0.39 is 0 Å². The van der Waals surface area contributed by atoms with E-state index in [-0.39, 0.29) is 5.56 Å². The molecule has 9 heteroatoms. The summed E-state index contributed by atoms with van der Waals surface area (Å²) in [6, 6.07) is 33.8. The number of fused-ring (bicyclic) bond motifs is 1. The van der Waals surface area contributed by atoms with Crippen LogP contribution in [0.3, 0.4) is 0 Å². The first kappa shape index (κ1) is 31.1. The Morgan fingerprint density at radius 3 is 2.31 bits per heavy atom. The number of thiazole rings is 1. The highest BCUT2D eigenvalue weighted by atomic mass is 32.1. The quantitative estimate of drug-likeness (QED) is 0.126. The Morgan fingerprint density at radius 1 is 0.833 bits per heavy atom. The van der Waals surface area contributed by atoms with Crippen LogP contribution in [0.25, 0.3) is 39.4 Å². The zero-order valence-corrected chi connectivity index (χ0v) is 27.7. The van der Waals surface area contributed by atoms with Crippen molar-refractivity contribution in [2.45, 2.75) is 39.7 Å². The summed E-state index contributed by atoms with van der Waals surface area (Å²) in [7, 11) is 0. The summed E-state index contributed by atoms with van der Waals surface area (Å²) in [5.41, 5.74) is 6.13. The molecule has 0 aliphatic rings. The molecule has 0 aliphatic carbocycles. The molecule has 0 saturated heterocycles. The molecule has 0 aliphatic heterocycles. The van der Waals surface area contributed by atoms with Crippen molar-refractivity contribution < 1.29 is 9.47 Å². The van der Waals surface area contributed by atoms with E-state index in [1.165, 1.54) is 15.9 Å². The fraction of sp³-hybridized carbons (Fsp3) is 0.179. The summed E-state index contributed by atoms with van der Waals surface area (Å²) in [6.45, 7) is 5.39. The van der Waals surface area contributed by atoms with Gasteiger partial charge in [0.05, 0.1) is 16.8 Å². The molecular weight excluding hydrogens is 619 g/mol.